The van der Waals surface area contributed by atoms with Gasteiger partial charge >= 0.3 is 0 Å². The molecule has 0 bridgehead atoms. The molecule has 0 aliphatic carbocycles. The lowest BCUT2D eigenvalue weighted by atomic mass is 9.87. The van der Waals surface area contributed by atoms with E-state index in [1.807, 2.05) is 29.2 Å². The van der Waals surface area contributed by atoms with Crippen molar-refractivity contribution in [1.29, 1.82) is 0 Å². The summed E-state index contributed by atoms with van der Waals surface area (Å²) in [7, 11) is 0. The number of benzene rings is 2. The van der Waals surface area contributed by atoms with Gasteiger partial charge in [0.05, 0.1) is 0 Å². The van der Waals surface area contributed by atoms with Gasteiger partial charge in [0, 0.05) is 31.8 Å². The number of unbranched alkanes of at least 4 members (excludes halogenated alkanes) is 1. The Bertz CT molecular complexity index is 713. The van der Waals surface area contributed by atoms with E-state index in [0.29, 0.717) is 6.42 Å². The fourth-order valence-corrected chi connectivity index (χ4v) is 3.66. The second kappa shape index (κ2) is 8.88. The Kier molecular flexibility index (Phi) is 6.32. The monoisotopic (exact) mass is 351 g/mol. The molecule has 3 nitrogen and oxygen atoms in total. The largest absolute Gasteiger partial charge is 0.489 e. The number of carbonyl (C=O) groups excluding carboxylic acids is 1. The van der Waals surface area contributed by atoms with Gasteiger partial charge in [-0.25, -0.2) is 0 Å². The molecule has 1 saturated heterocycles. The number of piperidine rings is 1. The molecule has 0 saturated carbocycles. The van der Waals surface area contributed by atoms with Gasteiger partial charge in [-0.3, -0.25) is 4.79 Å². The number of carbonyl (C=O) groups is 1. The molecule has 1 aliphatic rings. The lowest BCUT2D eigenvalue weighted by Crippen LogP contribution is -2.46. The van der Waals surface area contributed by atoms with Crippen LogP contribution in [-0.2, 0) is 4.79 Å². The molecule has 26 heavy (non-hydrogen) atoms. The zero-order valence-electron chi connectivity index (χ0n) is 15.9. The van der Waals surface area contributed by atoms with Gasteiger partial charge in [-0.1, -0.05) is 61.9 Å². The minimum absolute atomic E-state index is 0.0914. The van der Waals surface area contributed by atoms with Crippen LogP contribution in [0.25, 0.3) is 0 Å². The quantitative estimate of drug-likeness (QED) is 0.737. The van der Waals surface area contributed by atoms with Crippen LogP contribution in [0.2, 0.25) is 0 Å². The molecule has 0 unspecified atom stereocenters. The maximum absolute atomic E-state index is 12.5. The lowest BCUT2D eigenvalue weighted by molar-refractivity contribution is -0.133. The molecule has 3 heteroatoms. The Morgan fingerprint density at radius 3 is 2.58 bits per heavy atom. The molecule has 0 aromatic heterocycles. The highest BCUT2D eigenvalue weighted by atomic mass is 16.5. The zero-order chi connectivity index (χ0) is 18.4. The molecule has 1 aliphatic heterocycles. The summed E-state index contributed by atoms with van der Waals surface area (Å²) in [6, 6.07) is 18.6. The predicted octanol–water partition coefficient (Wildman–Crippen LogP) is 4.95. The lowest BCUT2D eigenvalue weighted by Gasteiger charge is -2.39. The van der Waals surface area contributed by atoms with Crippen molar-refractivity contribution in [2.75, 3.05) is 13.1 Å². The van der Waals surface area contributed by atoms with E-state index in [-0.39, 0.29) is 17.9 Å². The van der Waals surface area contributed by atoms with Crippen LogP contribution in [0.3, 0.4) is 0 Å². The molecule has 3 rings (SSSR count). The molecule has 1 fully saturated rings. The average molecular weight is 351 g/mol. The summed E-state index contributed by atoms with van der Waals surface area (Å²) in [5.74, 6) is 1.43. The fraction of sp³-hybridized carbons (Fsp3) is 0.435. The average Bonchev–Trinajstić information content (AvgIpc) is 2.69. The van der Waals surface area contributed by atoms with E-state index >= 15 is 0 Å². The van der Waals surface area contributed by atoms with E-state index in [1.165, 1.54) is 5.56 Å². The number of aryl methyl sites for hydroxylation is 1. The van der Waals surface area contributed by atoms with Gasteiger partial charge in [0.2, 0.25) is 5.91 Å². The molecule has 1 heterocycles. The second-order valence-electron chi connectivity index (χ2n) is 7.17. The number of hydrogen-bond acceptors (Lipinski definition) is 2. The summed E-state index contributed by atoms with van der Waals surface area (Å²) in [5, 5.41) is 0. The van der Waals surface area contributed by atoms with E-state index in [2.05, 4.69) is 44.2 Å². The third-order valence-electron chi connectivity index (χ3n) is 5.25. The highest BCUT2D eigenvalue weighted by Gasteiger charge is 2.33. The van der Waals surface area contributed by atoms with Crippen molar-refractivity contribution >= 4 is 5.91 Å². The number of hydrogen-bond donors (Lipinski definition) is 0. The zero-order valence-corrected chi connectivity index (χ0v) is 15.9. The van der Waals surface area contributed by atoms with Crippen molar-refractivity contribution in [3.8, 4) is 5.75 Å². The van der Waals surface area contributed by atoms with Crippen LogP contribution < -0.4 is 4.74 Å². The first-order valence-electron chi connectivity index (χ1n) is 9.74. The predicted molar refractivity (Wildman–Crippen MR) is 106 cm³/mol. The summed E-state index contributed by atoms with van der Waals surface area (Å²) in [4.78, 5) is 14.6. The number of ether oxygens (including phenoxy) is 1. The van der Waals surface area contributed by atoms with Crippen LogP contribution in [-0.4, -0.2) is 30.0 Å². The maximum Gasteiger partial charge on any atom is 0.222 e. The molecular weight excluding hydrogens is 322 g/mol. The van der Waals surface area contributed by atoms with Crippen LogP contribution in [0.15, 0.2) is 54.6 Å². The first-order chi connectivity index (χ1) is 12.7. The molecule has 1 amide bonds. The van der Waals surface area contributed by atoms with Gasteiger partial charge in [-0.15, -0.1) is 0 Å². The van der Waals surface area contributed by atoms with Crippen molar-refractivity contribution in [3.05, 3.63) is 65.7 Å². The van der Waals surface area contributed by atoms with Gasteiger partial charge < -0.3 is 9.64 Å². The summed E-state index contributed by atoms with van der Waals surface area (Å²) in [5.41, 5.74) is 2.40. The van der Waals surface area contributed by atoms with Crippen LogP contribution in [0, 0.1) is 6.92 Å². The summed E-state index contributed by atoms with van der Waals surface area (Å²) in [6.45, 7) is 5.73. The van der Waals surface area contributed by atoms with Crippen molar-refractivity contribution in [1.82, 2.24) is 4.90 Å². The smallest absolute Gasteiger partial charge is 0.222 e. The first kappa shape index (κ1) is 18.5. The minimum Gasteiger partial charge on any atom is -0.489 e. The highest BCUT2D eigenvalue weighted by Crippen LogP contribution is 2.32. The number of nitrogens with zero attached hydrogens (tertiary/aromatic N) is 1. The van der Waals surface area contributed by atoms with Crippen LogP contribution >= 0.6 is 0 Å². The SMILES string of the molecule is CCCCC(=O)N1CC[C@H](Oc2ccccc2C)[C@@H](c2ccccc2)C1. The number of likely N-dealkylation sites (tertiary alicyclic amines) is 1. The Labute approximate surface area is 157 Å². The Hall–Kier alpha value is -2.29. The molecule has 2 atom stereocenters. The second-order valence-corrected chi connectivity index (χ2v) is 7.17. The molecule has 138 valence electrons. The minimum atomic E-state index is 0.0914. The number of amides is 1. The fourth-order valence-electron chi connectivity index (χ4n) is 3.66. The van der Waals surface area contributed by atoms with Gasteiger partial charge in [0.1, 0.15) is 11.9 Å². The Morgan fingerprint density at radius 2 is 1.85 bits per heavy atom. The highest BCUT2D eigenvalue weighted by molar-refractivity contribution is 5.76. The van der Waals surface area contributed by atoms with Crippen LogP contribution in [0.4, 0.5) is 0 Å². The van der Waals surface area contributed by atoms with Gasteiger partial charge in [0.25, 0.3) is 0 Å². The van der Waals surface area contributed by atoms with E-state index in [4.69, 9.17) is 4.74 Å². The van der Waals surface area contributed by atoms with Crippen molar-refractivity contribution in [2.24, 2.45) is 0 Å². The molecule has 2 aromatic rings. The number of para-hydroxylation sites is 1. The van der Waals surface area contributed by atoms with Crippen molar-refractivity contribution < 1.29 is 9.53 Å². The van der Waals surface area contributed by atoms with Gasteiger partial charge in [-0.05, 0) is 30.5 Å². The topological polar surface area (TPSA) is 29.5 Å². The molecule has 0 N–H and O–H groups in total. The molecule has 0 radical (unpaired) electrons. The molecule has 0 spiro atoms. The standard InChI is InChI=1S/C23H29NO2/c1-3-4-14-23(25)24-16-15-22(26-21-13-9-8-10-18(21)2)20(17-24)19-11-6-5-7-12-19/h5-13,20,22H,3-4,14-17H2,1-2H3/t20-,22+/m1/s1. The van der Waals surface area contributed by atoms with E-state index in [1.54, 1.807) is 0 Å². The summed E-state index contributed by atoms with van der Waals surface area (Å²) < 4.78 is 6.42. The van der Waals surface area contributed by atoms with E-state index < -0.39 is 0 Å². The van der Waals surface area contributed by atoms with Gasteiger partial charge in [0.15, 0.2) is 0 Å². The molecular formula is C23H29NO2. The maximum atomic E-state index is 12.5. The summed E-state index contributed by atoms with van der Waals surface area (Å²) >= 11 is 0. The van der Waals surface area contributed by atoms with Crippen molar-refractivity contribution in [2.45, 2.75) is 51.6 Å². The van der Waals surface area contributed by atoms with Crippen LogP contribution in [0.5, 0.6) is 5.75 Å². The van der Waals surface area contributed by atoms with Gasteiger partial charge in [-0.2, -0.15) is 0 Å². The third kappa shape index (κ3) is 4.46. The third-order valence-corrected chi connectivity index (χ3v) is 5.25. The van der Waals surface area contributed by atoms with Crippen LogP contribution in [0.1, 0.15) is 49.7 Å². The molecule has 2 aromatic carbocycles. The Balaban J connectivity index is 1.78. The number of rotatable bonds is 6. The Morgan fingerprint density at radius 1 is 1.12 bits per heavy atom. The van der Waals surface area contributed by atoms with Crippen molar-refractivity contribution in [3.63, 3.8) is 0 Å². The summed E-state index contributed by atoms with van der Waals surface area (Å²) in [6.07, 6.45) is 3.64. The van der Waals surface area contributed by atoms with E-state index in [0.717, 1.165) is 43.7 Å². The normalized spacial score (nSPS) is 20.0. The first-order valence-corrected chi connectivity index (χ1v) is 9.74. The van der Waals surface area contributed by atoms with E-state index in [9.17, 15) is 4.79 Å².